The van der Waals surface area contributed by atoms with Crippen molar-refractivity contribution in [1.29, 1.82) is 0 Å². The Labute approximate surface area is 364 Å². The minimum Gasteiger partial charge on any atom is -0.462 e. The smallest absolute Gasteiger partial charge is 0.462 e. The lowest BCUT2D eigenvalue weighted by Gasteiger charge is -2.24. The average Bonchev–Trinajstić information content (AvgIpc) is 3.19. The molecule has 0 aliphatic heterocycles. The van der Waals surface area contributed by atoms with Crippen LogP contribution in [0.1, 0.15) is 142 Å². The van der Waals surface area contributed by atoms with Gasteiger partial charge in [0.15, 0.2) is 6.10 Å². The predicted molar refractivity (Wildman–Crippen MR) is 245 cm³/mol. The van der Waals surface area contributed by atoms with Gasteiger partial charge in [-0.3, -0.25) is 18.6 Å². The molecule has 3 N–H and O–H groups in total. The molecular weight excluding hydrogens is 781 g/mol. The summed E-state index contributed by atoms with van der Waals surface area (Å²) in [6.07, 6.45) is 42.8. The summed E-state index contributed by atoms with van der Waals surface area (Å²) in [6.45, 7) is 3.97. The van der Waals surface area contributed by atoms with Crippen LogP contribution in [0, 0.1) is 0 Å². The Hall–Kier alpha value is -2.89. The molecule has 60 heavy (non-hydrogen) atoms. The van der Waals surface area contributed by atoms with Gasteiger partial charge in [-0.2, -0.15) is 0 Å². The van der Waals surface area contributed by atoms with Gasteiger partial charge in [0.1, 0.15) is 19.8 Å². The van der Waals surface area contributed by atoms with E-state index in [1.807, 2.05) is 63.7 Å². The molecule has 0 radical (unpaired) electrons. The molecule has 0 aromatic heterocycles. The largest absolute Gasteiger partial charge is 0.472 e. The van der Waals surface area contributed by atoms with Crippen LogP contribution in [0.2, 0.25) is 0 Å². The van der Waals surface area contributed by atoms with Gasteiger partial charge in [-0.05, 0) is 64.2 Å². The van der Waals surface area contributed by atoms with Gasteiger partial charge in [-0.25, -0.2) is 4.57 Å². The summed E-state index contributed by atoms with van der Waals surface area (Å²) in [5.74, 6) is -0.995. The number of nitrogens with zero attached hydrogens (tertiary/aromatic N) is 1. The lowest BCUT2D eigenvalue weighted by molar-refractivity contribution is -0.870. The number of ether oxygens (including phenoxy) is 2. The van der Waals surface area contributed by atoms with Gasteiger partial charge in [0.05, 0.1) is 40.0 Å². The fraction of sp³-hybridized carbons (Fsp3) is 0.667. The molecule has 0 saturated carbocycles. The lowest BCUT2D eigenvalue weighted by Crippen LogP contribution is -2.37. The number of likely N-dealkylation sites (N-methyl/N-ethyl adjacent to an activating group) is 1. The highest BCUT2D eigenvalue weighted by Gasteiger charge is 2.27. The maximum Gasteiger partial charge on any atom is 0.472 e. The van der Waals surface area contributed by atoms with Crippen LogP contribution in [-0.4, -0.2) is 97.3 Å². The van der Waals surface area contributed by atoms with E-state index < -0.39 is 44.7 Å². The van der Waals surface area contributed by atoms with Crippen LogP contribution >= 0.6 is 7.82 Å². The van der Waals surface area contributed by atoms with Crippen LogP contribution in [0.5, 0.6) is 0 Å². The van der Waals surface area contributed by atoms with Gasteiger partial charge in [-0.1, -0.05) is 150 Å². The zero-order chi connectivity index (χ0) is 44.6. The van der Waals surface area contributed by atoms with Gasteiger partial charge in [-0.15, -0.1) is 0 Å². The number of carbonyl (C=O) groups is 2. The van der Waals surface area contributed by atoms with Crippen molar-refractivity contribution in [3.8, 4) is 0 Å². The Morgan fingerprint density at radius 3 is 1.88 bits per heavy atom. The Morgan fingerprint density at radius 1 is 0.633 bits per heavy atom. The van der Waals surface area contributed by atoms with E-state index in [1.54, 1.807) is 30.4 Å². The highest BCUT2D eigenvalue weighted by Crippen LogP contribution is 2.43. The molecule has 0 aromatic rings. The van der Waals surface area contributed by atoms with E-state index in [-0.39, 0.29) is 26.1 Å². The van der Waals surface area contributed by atoms with Crippen molar-refractivity contribution in [3.05, 3.63) is 85.1 Å². The summed E-state index contributed by atoms with van der Waals surface area (Å²) in [6, 6.07) is 0. The van der Waals surface area contributed by atoms with E-state index in [0.717, 1.165) is 32.1 Å². The summed E-state index contributed by atoms with van der Waals surface area (Å²) in [5.41, 5.74) is 0. The highest BCUT2D eigenvalue weighted by atomic mass is 31.2. The maximum absolute atomic E-state index is 12.7. The molecule has 0 aromatic carbocycles. The van der Waals surface area contributed by atoms with Gasteiger partial charge in [0.25, 0.3) is 0 Å². The van der Waals surface area contributed by atoms with Crippen molar-refractivity contribution in [2.24, 2.45) is 0 Å². The van der Waals surface area contributed by atoms with E-state index in [4.69, 9.17) is 18.5 Å². The van der Waals surface area contributed by atoms with Crippen molar-refractivity contribution in [1.82, 2.24) is 0 Å². The summed E-state index contributed by atoms with van der Waals surface area (Å²) < 4.78 is 34.1. The average molecular weight is 865 g/mol. The van der Waals surface area contributed by atoms with Gasteiger partial charge >= 0.3 is 19.8 Å². The van der Waals surface area contributed by atoms with Crippen LogP contribution in [-0.2, 0) is 32.7 Å². The summed E-state index contributed by atoms with van der Waals surface area (Å²) in [7, 11) is 1.33. The maximum atomic E-state index is 12.7. The molecule has 0 amide bonds. The third kappa shape index (κ3) is 41.8. The number of phosphoric acid groups is 1. The molecule has 0 heterocycles. The molecule has 0 aliphatic rings. The van der Waals surface area contributed by atoms with Gasteiger partial charge in [0.2, 0.25) is 0 Å². The van der Waals surface area contributed by atoms with E-state index in [2.05, 4.69) is 26.0 Å². The van der Waals surface area contributed by atoms with Crippen LogP contribution in [0.4, 0.5) is 0 Å². The van der Waals surface area contributed by atoms with E-state index >= 15 is 0 Å². The Bertz CT molecular complexity index is 1330. The quantitative estimate of drug-likeness (QED) is 0.0136. The number of phosphoric ester groups is 1. The number of aliphatic hydroxyl groups excluding tert-OH is 2. The number of unbranched alkanes of at least 4 members (excludes halogenated alkanes) is 12. The molecule has 0 rings (SSSR count). The number of allylic oxidation sites excluding steroid dienone is 10. The summed E-state index contributed by atoms with van der Waals surface area (Å²) in [5, 5.41) is 20.1. The van der Waals surface area contributed by atoms with Crippen molar-refractivity contribution in [2.45, 2.75) is 161 Å². The molecule has 0 spiro atoms. The normalized spacial score (nSPS) is 15.4. The van der Waals surface area contributed by atoms with Crippen LogP contribution in [0.3, 0.4) is 0 Å². The number of aliphatic hydroxyl groups is 2. The molecule has 1 unspecified atom stereocenters. The molecule has 0 aliphatic carbocycles. The van der Waals surface area contributed by atoms with Crippen LogP contribution in [0.25, 0.3) is 0 Å². The standard InChI is InChI=1S/C48H82NO10P/c1-6-8-10-11-12-13-14-15-16-17-18-19-23-26-32-38-47(52)56-42-46(43-58-60(54,55)57-41-40-49(3,4)5)59-48(53)39-33-27-31-37-45(51)36-30-25-22-20-21-24-29-35-44(50)34-28-9-7-2/h9,13-14,21-22,24-25,28-31,35-37,44-46,50-51H,6-8,10-12,15-20,23,26-27,32-34,38-43H2,1-5H3/p+1/b14-13-,24-21-,25-22-,28-9-,35-29+,36-30+,37-31-/t44-,45-,46+/m0/s1. The SMILES string of the molecule is CC/C=C\C[C@H](O)/C=C/C=C\C/C=C\C=C\[C@H](O)/C=C\CCCC(=O)O[C@H](COC(=O)CCCCCCCCC/C=C\CCCCCC)COP(=O)(O)OCC[N+](C)(C)C. The first-order valence-corrected chi connectivity index (χ1v) is 24.0. The van der Waals surface area contributed by atoms with Crippen molar-refractivity contribution in [2.75, 3.05) is 47.5 Å². The van der Waals surface area contributed by atoms with E-state index in [0.29, 0.717) is 43.1 Å². The third-order valence-corrected chi connectivity index (χ3v) is 10.1. The molecule has 0 bridgehead atoms. The Morgan fingerprint density at radius 2 is 1.23 bits per heavy atom. The van der Waals surface area contributed by atoms with Gasteiger partial charge < -0.3 is 29.1 Å². The first kappa shape index (κ1) is 57.1. The van der Waals surface area contributed by atoms with Crippen LogP contribution < -0.4 is 0 Å². The Balaban J connectivity index is 4.63. The molecular formula is C48H83NO10P+. The fourth-order valence-corrected chi connectivity index (χ4v) is 6.25. The molecule has 11 nitrogen and oxygen atoms in total. The second-order valence-corrected chi connectivity index (χ2v) is 17.5. The topological polar surface area (TPSA) is 149 Å². The van der Waals surface area contributed by atoms with Crippen molar-refractivity contribution < 1.29 is 52.3 Å². The third-order valence-electron chi connectivity index (χ3n) is 9.08. The second-order valence-electron chi connectivity index (χ2n) is 16.1. The number of esters is 2. The fourth-order valence-electron chi connectivity index (χ4n) is 5.51. The van der Waals surface area contributed by atoms with E-state index in [1.165, 1.54) is 51.4 Å². The number of hydrogen-bond acceptors (Lipinski definition) is 9. The molecule has 0 saturated heterocycles. The minimum atomic E-state index is -4.44. The Kier molecular flexibility index (Phi) is 37.1. The van der Waals surface area contributed by atoms with Crippen molar-refractivity contribution >= 4 is 19.8 Å². The lowest BCUT2D eigenvalue weighted by atomic mass is 10.1. The molecule has 0 fully saturated rings. The zero-order valence-corrected chi connectivity index (χ0v) is 38.8. The summed E-state index contributed by atoms with van der Waals surface area (Å²) in [4.78, 5) is 35.4. The zero-order valence-electron chi connectivity index (χ0n) is 37.9. The molecule has 344 valence electrons. The summed E-state index contributed by atoms with van der Waals surface area (Å²) >= 11 is 0. The second kappa shape index (κ2) is 39.0. The highest BCUT2D eigenvalue weighted by molar-refractivity contribution is 7.47. The van der Waals surface area contributed by atoms with Crippen LogP contribution in [0.15, 0.2) is 85.1 Å². The predicted octanol–water partition coefficient (Wildman–Crippen LogP) is 10.7. The number of rotatable bonds is 39. The van der Waals surface area contributed by atoms with Crippen molar-refractivity contribution in [3.63, 3.8) is 0 Å². The number of carbonyl (C=O) groups excluding carboxylic acids is 2. The first-order chi connectivity index (χ1) is 28.8. The minimum absolute atomic E-state index is 0.0113. The number of hydrogen-bond donors (Lipinski definition) is 3. The van der Waals surface area contributed by atoms with Gasteiger partial charge in [0, 0.05) is 12.8 Å². The van der Waals surface area contributed by atoms with E-state index in [9.17, 15) is 29.3 Å². The molecule has 4 atom stereocenters. The first-order valence-electron chi connectivity index (χ1n) is 22.5. The number of quaternary nitrogens is 1. The molecule has 12 heteroatoms. The monoisotopic (exact) mass is 865 g/mol.